The van der Waals surface area contributed by atoms with Gasteiger partial charge in [-0.05, 0) is 67.6 Å². The van der Waals surface area contributed by atoms with E-state index in [4.69, 9.17) is 0 Å². The molecule has 0 aromatic heterocycles. The number of rotatable bonds is 1. The van der Waals surface area contributed by atoms with Crippen LogP contribution in [0.3, 0.4) is 0 Å². The van der Waals surface area contributed by atoms with Crippen LogP contribution >= 0.6 is 15.9 Å². The maximum atomic E-state index is 13.4. The first-order valence-corrected chi connectivity index (χ1v) is 10.8. The molecule has 3 nitrogen and oxygen atoms in total. The molecule has 8 atom stereocenters. The highest BCUT2D eigenvalue weighted by Gasteiger charge is 2.64. The van der Waals surface area contributed by atoms with Crippen molar-refractivity contribution in [3.8, 4) is 0 Å². The molecule has 4 aliphatic carbocycles. The second-order valence-corrected chi connectivity index (χ2v) is 10.9. The Kier molecular flexibility index (Phi) is 4.11. The highest BCUT2D eigenvalue weighted by atomic mass is 79.9. The Morgan fingerprint density at radius 2 is 1.76 bits per heavy atom. The lowest BCUT2D eigenvalue weighted by atomic mass is 9.44. The van der Waals surface area contributed by atoms with Gasteiger partial charge in [0.1, 0.15) is 17.3 Å². The summed E-state index contributed by atoms with van der Waals surface area (Å²) in [4.78, 5) is 37.7. The standard InChI is InChI=1S/C21H29BrO3/c1-11(23)14-6-7-15-13-5-4-12-8-17(24)16(22)9-20(12,2)19(13)18(25)10-21(14,15)3/h12-16,19H,4-10H2,1-3H3/t12-,13-,14+,15-,16+,19+,20-,21+/m0/s1. The van der Waals surface area contributed by atoms with Crippen LogP contribution in [0.5, 0.6) is 0 Å². The summed E-state index contributed by atoms with van der Waals surface area (Å²) < 4.78 is 0. The second-order valence-electron chi connectivity index (χ2n) is 9.76. The third-order valence-electron chi connectivity index (χ3n) is 8.65. The van der Waals surface area contributed by atoms with Crippen molar-refractivity contribution >= 4 is 33.3 Å². The predicted molar refractivity (Wildman–Crippen MR) is 99.4 cm³/mol. The van der Waals surface area contributed by atoms with E-state index in [1.54, 1.807) is 6.92 Å². The van der Waals surface area contributed by atoms with Gasteiger partial charge in [-0.1, -0.05) is 29.8 Å². The Morgan fingerprint density at radius 3 is 2.44 bits per heavy atom. The first-order valence-electron chi connectivity index (χ1n) is 9.88. The van der Waals surface area contributed by atoms with Crippen LogP contribution in [0.15, 0.2) is 0 Å². The molecule has 0 aromatic carbocycles. The van der Waals surface area contributed by atoms with Crippen molar-refractivity contribution in [1.82, 2.24) is 0 Å². The highest BCUT2D eigenvalue weighted by molar-refractivity contribution is 9.10. The summed E-state index contributed by atoms with van der Waals surface area (Å²) in [5, 5.41) is 0. The molecule has 0 aromatic rings. The second kappa shape index (κ2) is 5.74. The van der Waals surface area contributed by atoms with E-state index in [9.17, 15) is 14.4 Å². The topological polar surface area (TPSA) is 51.2 Å². The molecule has 0 spiro atoms. The molecule has 0 bridgehead atoms. The van der Waals surface area contributed by atoms with Crippen LogP contribution in [0.1, 0.15) is 65.7 Å². The Bertz CT molecular complexity index is 643. The Hall–Kier alpha value is -0.510. The highest BCUT2D eigenvalue weighted by Crippen LogP contribution is 2.66. The molecule has 0 amide bonds. The minimum atomic E-state index is -0.133. The average molecular weight is 409 g/mol. The fourth-order valence-corrected chi connectivity index (χ4v) is 8.43. The minimum absolute atomic E-state index is 0.0578. The number of halogens is 1. The number of carbonyl (C=O) groups excluding carboxylic acids is 3. The van der Waals surface area contributed by atoms with Crippen molar-refractivity contribution in [2.24, 2.45) is 40.4 Å². The van der Waals surface area contributed by atoms with Gasteiger partial charge in [-0.2, -0.15) is 0 Å². The summed E-state index contributed by atoms with van der Waals surface area (Å²) in [7, 11) is 0. The smallest absolute Gasteiger partial charge is 0.146 e. The van der Waals surface area contributed by atoms with Crippen molar-refractivity contribution < 1.29 is 14.4 Å². The van der Waals surface area contributed by atoms with Gasteiger partial charge in [0.15, 0.2) is 0 Å². The zero-order chi connectivity index (χ0) is 18.1. The summed E-state index contributed by atoms with van der Waals surface area (Å²) in [6, 6.07) is 0. The van der Waals surface area contributed by atoms with Gasteiger partial charge in [-0.15, -0.1) is 0 Å². The largest absolute Gasteiger partial charge is 0.300 e. The molecule has 4 rings (SSSR count). The molecular weight excluding hydrogens is 380 g/mol. The monoisotopic (exact) mass is 408 g/mol. The molecule has 4 saturated carbocycles. The van der Waals surface area contributed by atoms with E-state index in [1.807, 2.05) is 0 Å². The van der Waals surface area contributed by atoms with Gasteiger partial charge in [0.2, 0.25) is 0 Å². The normalized spacial score (nSPS) is 52.3. The van der Waals surface area contributed by atoms with Crippen LogP contribution in [-0.4, -0.2) is 22.2 Å². The lowest BCUT2D eigenvalue weighted by Gasteiger charge is -2.59. The van der Waals surface area contributed by atoms with E-state index in [2.05, 4.69) is 29.8 Å². The lowest BCUT2D eigenvalue weighted by Crippen LogP contribution is -2.58. The lowest BCUT2D eigenvalue weighted by molar-refractivity contribution is -0.160. The van der Waals surface area contributed by atoms with E-state index >= 15 is 0 Å². The SMILES string of the molecule is CC(=O)[C@H]1CC[C@H]2[C@@H]3CC[C@H]4CC(=O)[C@H](Br)C[C@]4(C)[C@H]3C(=O)C[C@]12C. The molecule has 25 heavy (non-hydrogen) atoms. The van der Waals surface area contributed by atoms with Gasteiger partial charge in [-0.3, -0.25) is 14.4 Å². The van der Waals surface area contributed by atoms with Crippen molar-refractivity contribution in [2.75, 3.05) is 0 Å². The number of Topliss-reactive ketones (excluding diaryl/α,β-unsaturated/α-hetero) is 3. The number of fused-ring (bicyclic) bond motifs is 5. The van der Waals surface area contributed by atoms with Gasteiger partial charge in [0, 0.05) is 24.7 Å². The predicted octanol–water partition coefficient (Wildman–Crippen LogP) is 4.36. The number of hydrogen-bond acceptors (Lipinski definition) is 3. The Labute approximate surface area is 158 Å². The van der Waals surface area contributed by atoms with Crippen molar-refractivity contribution in [2.45, 2.75) is 70.5 Å². The molecule has 0 radical (unpaired) electrons. The molecule has 4 fully saturated rings. The average Bonchev–Trinajstić information content (AvgIpc) is 2.85. The van der Waals surface area contributed by atoms with Crippen molar-refractivity contribution in [3.05, 3.63) is 0 Å². The van der Waals surface area contributed by atoms with E-state index in [0.29, 0.717) is 42.2 Å². The zero-order valence-electron chi connectivity index (χ0n) is 15.5. The minimum Gasteiger partial charge on any atom is -0.300 e. The summed E-state index contributed by atoms with van der Waals surface area (Å²) >= 11 is 3.58. The van der Waals surface area contributed by atoms with Gasteiger partial charge in [0.25, 0.3) is 0 Å². The van der Waals surface area contributed by atoms with Crippen LogP contribution in [0.4, 0.5) is 0 Å². The van der Waals surface area contributed by atoms with Crippen LogP contribution < -0.4 is 0 Å². The number of alkyl halides is 1. The first-order chi connectivity index (χ1) is 11.7. The van der Waals surface area contributed by atoms with Crippen molar-refractivity contribution in [3.63, 3.8) is 0 Å². The van der Waals surface area contributed by atoms with Crippen LogP contribution in [0.25, 0.3) is 0 Å². The summed E-state index contributed by atoms with van der Waals surface area (Å²) in [6.45, 7) is 6.18. The quantitative estimate of drug-likeness (QED) is 0.605. The number of carbonyl (C=O) groups is 3. The molecule has 0 unspecified atom stereocenters. The Morgan fingerprint density at radius 1 is 1.04 bits per heavy atom. The van der Waals surface area contributed by atoms with E-state index in [-0.39, 0.29) is 33.3 Å². The fraction of sp³-hybridized carbons (Fsp3) is 0.857. The molecule has 0 aliphatic heterocycles. The molecule has 0 heterocycles. The van der Waals surface area contributed by atoms with Crippen LogP contribution in [0.2, 0.25) is 0 Å². The van der Waals surface area contributed by atoms with Gasteiger partial charge < -0.3 is 0 Å². The maximum Gasteiger partial charge on any atom is 0.146 e. The molecule has 0 N–H and O–H groups in total. The first kappa shape index (κ1) is 17.9. The molecule has 4 heteroatoms. The van der Waals surface area contributed by atoms with E-state index < -0.39 is 0 Å². The zero-order valence-corrected chi connectivity index (χ0v) is 17.1. The summed E-state index contributed by atoms with van der Waals surface area (Å²) in [5.74, 6) is 2.35. The molecular formula is C21H29BrO3. The van der Waals surface area contributed by atoms with Crippen molar-refractivity contribution in [1.29, 1.82) is 0 Å². The summed E-state index contributed by atoms with van der Waals surface area (Å²) in [6.07, 6.45) is 6.14. The number of ketones is 3. The molecule has 138 valence electrons. The molecule has 0 saturated heterocycles. The third-order valence-corrected chi connectivity index (χ3v) is 9.49. The molecule has 4 aliphatic rings. The maximum absolute atomic E-state index is 13.4. The Balaban J connectivity index is 1.70. The van der Waals surface area contributed by atoms with Gasteiger partial charge in [0.05, 0.1) is 4.83 Å². The van der Waals surface area contributed by atoms with Crippen LogP contribution in [-0.2, 0) is 14.4 Å². The van der Waals surface area contributed by atoms with E-state index in [1.165, 1.54) is 0 Å². The third kappa shape index (κ3) is 2.38. The fourth-order valence-electron chi connectivity index (χ4n) is 7.55. The number of hydrogen-bond donors (Lipinski definition) is 0. The van der Waals surface area contributed by atoms with E-state index in [0.717, 1.165) is 32.1 Å². The van der Waals surface area contributed by atoms with Crippen LogP contribution in [0, 0.1) is 40.4 Å². The summed E-state index contributed by atoms with van der Waals surface area (Å²) in [5.41, 5.74) is -0.191. The van der Waals surface area contributed by atoms with Gasteiger partial charge in [-0.25, -0.2) is 0 Å². The van der Waals surface area contributed by atoms with Gasteiger partial charge >= 0.3 is 0 Å².